The van der Waals surface area contributed by atoms with Gasteiger partial charge < -0.3 is 15.6 Å². The molecule has 2 rings (SSSR count). The third-order valence-corrected chi connectivity index (χ3v) is 2.94. The summed E-state index contributed by atoms with van der Waals surface area (Å²) in [6, 6.07) is 1.15. The number of nitrogens with two attached hydrogens (primary N) is 1. The molecule has 0 radical (unpaired) electrons. The Morgan fingerprint density at radius 2 is 2.50 bits per heavy atom. The zero-order valence-corrected chi connectivity index (χ0v) is 9.31. The summed E-state index contributed by atoms with van der Waals surface area (Å²) in [6.07, 6.45) is 1.43. The fourth-order valence-electron chi connectivity index (χ4n) is 1.75. The molecule has 1 fully saturated rings. The van der Waals surface area contributed by atoms with Crippen molar-refractivity contribution in [2.45, 2.75) is 24.8 Å². The molecular weight excluding hydrogens is 230 g/mol. The molecule has 0 unspecified atom stereocenters. The van der Waals surface area contributed by atoms with Crippen molar-refractivity contribution in [3.05, 3.63) is 27.4 Å². The number of nitrogens with zero attached hydrogens (tertiary/aromatic N) is 1. The average Bonchev–Trinajstić information content (AvgIpc) is 2.59. The van der Waals surface area contributed by atoms with Crippen LogP contribution in [0, 0.1) is 4.77 Å². The summed E-state index contributed by atoms with van der Waals surface area (Å²) in [5.74, 6) is 0. The maximum absolute atomic E-state index is 11.0. The topological polar surface area (TPSA) is 93.3 Å². The highest BCUT2D eigenvalue weighted by Gasteiger charge is 2.33. The Labute approximate surface area is 96.7 Å². The van der Waals surface area contributed by atoms with E-state index in [-0.39, 0.29) is 30.5 Å². The van der Waals surface area contributed by atoms with Crippen LogP contribution in [0.3, 0.4) is 0 Å². The van der Waals surface area contributed by atoms with Crippen molar-refractivity contribution in [1.82, 2.24) is 9.55 Å². The fraction of sp³-hybridized carbons (Fsp3) is 0.556. The molecule has 0 amide bonds. The SMILES string of the molecule is N[C@H]1C[C@H](n2ccc(=O)[nH]c2=S)O[C@@H]1CO. The van der Waals surface area contributed by atoms with Gasteiger partial charge in [0.25, 0.3) is 5.56 Å². The number of aromatic nitrogens is 2. The summed E-state index contributed by atoms with van der Waals surface area (Å²) < 4.78 is 7.45. The van der Waals surface area contributed by atoms with Crippen LogP contribution in [-0.2, 0) is 4.74 Å². The molecule has 0 aliphatic carbocycles. The smallest absolute Gasteiger partial charge is 0.251 e. The minimum atomic E-state index is -0.376. The van der Waals surface area contributed by atoms with Gasteiger partial charge in [-0.15, -0.1) is 0 Å². The first kappa shape index (κ1) is 11.5. The van der Waals surface area contributed by atoms with Gasteiger partial charge in [0, 0.05) is 24.7 Å². The Balaban J connectivity index is 2.27. The van der Waals surface area contributed by atoms with Gasteiger partial charge >= 0.3 is 0 Å². The van der Waals surface area contributed by atoms with Gasteiger partial charge in [-0.1, -0.05) is 0 Å². The van der Waals surface area contributed by atoms with E-state index in [1.807, 2.05) is 0 Å². The Morgan fingerprint density at radius 1 is 1.75 bits per heavy atom. The van der Waals surface area contributed by atoms with Gasteiger partial charge in [-0.25, -0.2) is 0 Å². The van der Waals surface area contributed by atoms with E-state index in [1.165, 1.54) is 6.07 Å². The van der Waals surface area contributed by atoms with Crippen molar-refractivity contribution < 1.29 is 9.84 Å². The van der Waals surface area contributed by atoms with Crippen LogP contribution in [0.2, 0.25) is 0 Å². The van der Waals surface area contributed by atoms with Crippen LogP contribution in [0.25, 0.3) is 0 Å². The van der Waals surface area contributed by atoms with E-state index in [9.17, 15) is 4.79 Å². The number of hydrogen-bond donors (Lipinski definition) is 3. The molecule has 1 aliphatic heterocycles. The van der Waals surface area contributed by atoms with Crippen molar-refractivity contribution >= 4 is 12.2 Å². The lowest BCUT2D eigenvalue weighted by Crippen LogP contribution is -2.32. The summed E-state index contributed by atoms with van der Waals surface area (Å²) in [5.41, 5.74) is 5.55. The van der Waals surface area contributed by atoms with Crippen molar-refractivity contribution in [3.8, 4) is 0 Å². The molecule has 88 valence electrons. The number of nitrogens with one attached hydrogen (secondary N) is 1. The minimum absolute atomic E-state index is 0.117. The second-order valence-corrected chi connectivity index (χ2v) is 4.12. The first-order valence-electron chi connectivity index (χ1n) is 4.95. The Bertz CT molecular complexity index is 483. The lowest BCUT2D eigenvalue weighted by Gasteiger charge is -2.15. The first-order valence-corrected chi connectivity index (χ1v) is 5.36. The number of aromatic amines is 1. The summed E-state index contributed by atoms with van der Waals surface area (Å²) in [4.78, 5) is 13.5. The van der Waals surface area contributed by atoms with Gasteiger partial charge in [-0.3, -0.25) is 14.3 Å². The number of ether oxygens (including phenoxy) is 1. The third kappa shape index (κ3) is 2.07. The fourth-order valence-corrected chi connectivity index (χ4v) is 2.03. The second-order valence-electron chi connectivity index (χ2n) is 3.73. The number of rotatable bonds is 2. The molecule has 0 spiro atoms. The van der Waals surface area contributed by atoms with Crippen molar-refractivity contribution in [2.24, 2.45) is 5.73 Å². The maximum Gasteiger partial charge on any atom is 0.251 e. The standard InChI is InChI=1S/C9H13N3O3S/c10-5-3-8(15-6(5)4-13)12-2-1-7(14)11-9(12)16/h1-2,5-6,8,13H,3-4,10H2,(H,11,14,16)/t5-,6+,8+/m0/s1. The zero-order valence-electron chi connectivity index (χ0n) is 8.50. The van der Waals surface area contributed by atoms with Gasteiger partial charge in [0.2, 0.25) is 0 Å². The highest BCUT2D eigenvalue weighted by molar-refractivity contribution is 7.71. The number of aliphatic hydroxyl groups is 1. The zero-order chi connectivity index (χ0) is 11.7. The Morgan fingerprint density at radius 3 is 3.06 bits per heavy atom. The predicted molar refractivity (Wildman–Crippen MR) is 59.5 cm³/mol. The number of hydrogen-bond acceptors (Lipinski definition) is 5. The van der Waals surface area contributed by atoms with Crippen molar-refractivity contribution in [2.75, 3.05) is 6.61 Å². The average molecular weight is 243 g/mol. The molecule has 1 aromatic rings. The highest BCUT2D eigenvalue weighted by atomic mass is 32.1. The second kappa shape index (κ2) is 4.46. The molecule has 4 N–H and O–H groups in total. The van der Waals surface area contributed by atoms with Crippen LogP contribution in [0.15, 0.2) is 17.1 Å². The minimum Gasteiger partial charge on any atom is -0.394 e. The summed E-state index contributed by atoms with van der Waals surface area (Å²) in [5, 5.41) is 9.02. The van der Waals surface area contributed by atoms with E-state index in [0.29, 0.717) is 11.2 Å². The lowest BCUT2D eigenvalue weighted by molar-refractivity contribution is -0.0262. The first-order chi connectivity index (χ1) is 7.61. The molecule has 3 atom stereocenters. The van der Waals surface area contributed by atoms with E-state index in [2.05, 4.69) is 4.98 Å². The quantitative estimate of drug-likeness (QED) is 0.610. The van der Waals surface area contributed by atoms with Gasteiger partial charge in [-0.05, 0) is 12.2 Å². The van der Waals surface area contributed by atoms with E-state index < -0.39 is 0 Å². The molecule has 1 aromatic heterocycles. The predicted octanol–water partition coefficient (Wildman–Crippen LogP) is -0.487. The molecule has 16 heavy (non-hydrogen) atoms. The number of H-pyrrole nitrogens is 1. The van der Waals surface area contributed by atoms with Crippen molar-refractivity contribution in [1.29, 1.82) is 0 Å². The van der Waals surface area contributed by atoms with Crippen LogP contribution in [0.1, 0.15) is 12.6 Å². The van der Waals surface area contributed by atoms with Crippen LogP contribution >= 0.6 is 12.2 Å². The molecule has 7 heteroatoms. The van der Waals surface area contributed by atoms with Gasteiger partial charge in [0.05, 0.1) is 12.7 Å². The normalized spacial score (nSPS) is 29.5. The summed E-state index contributed by atoms with van der Waals surface area (Å²) >= 11 is 5.01. The van der Waals surface area contributed by atoms with Crippen LogP contribution in [-0.4, -0.2) is 33.4 Å². The Hall–Kier alpha value is -1.02. The largest absolute Gasteiger partial charge is 0.394 e. The van der Waals surface area contributed by atoms with E-state index in [1.54, 1.807) is 10.8 Å². The van der Waals surface area contributed by atoms with E-state index in [0.717, 1.165) is 0 Å². The molecule has 2 heterocycles. The van der Waals surface area contributed by atoms with E-state index >= 15 is 0 Å². The van der Waals surface area contributed by atoms with Gasteiger partial charge in [0.15, 0.2) is 4.77 Å². The third-order valence-electron chi connectivity index (χ3n) is 2.62. The van der Waals surface area contributed by atoms with Crippen molar-refractivity contribution in [3.63, 3.8) is 0 Å². The van der Waals surface area contributed by atoms with E-state index in [4.69, 9.17) is 27.8 Å². The molecule has 0 bridgehead atoms. The monoisotopic (exact) mass is 243 g/mol. The van der Waals surface area contributed by atoms with Gasteiger partial charge in [0.1, 0.15) is 6.23 Å². The molecule has 0 saturated carbocycles. The molecule has 1 aliphatic rings. The van der Waals surface area contributed by atoms with Crippen LogP contribution in [0.4, 0.5) is 0 Å². The maximum atomic E-state index is 11.0. The summed E-state index contributed by atoms with van der Waals surface area (Å²) in [7, 11) is 0. The molecular formula is C9H13N3O3S. The molecule has 1 saturated heterocycles. The van der Waals surface area contributed by atoms with Crippen LogP contribution < -0.4 is 11.3 Å². The molecule has 0 aromatic carbocycles. The highest BCUT2D eigenvalue weighted by Crippen LogP contribution is 2.26. The van der Waals surface area contributed by atoms with Crippen LogP contribution in [0.5, 0.6) is 0 Å². The lowest BCUT2D eigenvalue weighted by atomic mass is 10.1. The van der Waals surface area contributed by atoms with Gasteiger partial charge in [-0.2, -0.15) is 0 Å². The molecule has 6 nitrogen and oxygen atoms in total. The number of aliphatic hydroxyl groups excluding tert-OH is 1. The Kier molecular flexibility index (Phi) is 3.20. The summed E-state index contributed by atoms with van der Waals surface area (Å²) in [6.45, 7) is -0.117.